The van der Waals surface area contributed by atoms with Gasteiger partial charge in [-0.2, -0.15) is 5.06 Å². The Hall–Kier alpha value is -1.98. The molecule has 3 nitrogen and oxygen atoms in total. The maximum Gasteiger partial charge on any atom is 0.134 e. The summed E-state index contributed by atoms with van der Waals surface area (Å²) in [6.45, 7) is 10.8. The molecule has 0 amide bonds. The second-order valence-electron chi connectivity index (χ2n) is 9.02. The number of piperidine rings is 1. The summed E-state index contributed by atoms with van der Waals surface area (Å²) in [5, 5.41) is 2.01. The number of hydrogen-bond acceptors (Lipinski definition) is 3. The molecule has 0 bridgehead atoms. The van der Waals surface area contributed by atoms with Crippen LogP contribution in [0.3, 0.4) is 0 Å². The molecule has 0 aliphatic carbocycles. The Morgan fingerprint density at radius 3 is 2.14 bits per heavy atom. The third kappa shape index (κ3) is 4.31. The standard InChI is InChI=1S/C24H31F2NO2/c1-7-29-18-9-11-19(22(26)13-18)16-8-10-20(21(25)12-16)17-14-23(2,3)27(28-6)24(4,5)15-17/h8-13,17H,7,14-15H2,1-6H3. The third-order valence-corrected chi connectivity index (χ3v) is 5.78. The van der Waals surface area contributed by atoms with E-state index in [1.807, 2.05) is 12.0 Å². The van der Waals surface area contributed by atoms with Crippen LogP contribution < -0.4 is 4.74 Å². The summed E-state index contributed by atoms with van der Waals surface area (Å²) in [4.78, 5) is 5.64. The smallest absolute Gasteiger partial charge is 0.134 e. The van der Waals surface area contributed by atoms with Crippen molar-refractivity contribution in [1.29, 1.82) is 0 Å². The van der Waals surface area contributed by atoms with Gasteiger partial charge in [0.1, 0.15) is 17.4 Å². The van der Waals surface area contributed by atoms with Crippen LogP contribution in [0.25, 0.3) is 11.1 Å². The monoisotopic (exact) mass is 403 g/mol. The predicted molar refractivity (Wildman–Crippen MR) is 112 cm³/mol. The number of rotatable bonds is 5. The van der Waals surface area contributed by atoms with E-state index >= 15 is 4.39 Å². The van der Waals surface area contributed by atoms with Crippen molar-refractivity contribution in [3.63, 3.8) is 0 Å². The highest BCUT2D eigenvalue weighted by atomic mass is 19.1. The van der Waals surface area contributed by atoms with Crippen molar-refractivity contribution < 1.29 is 18.4 Å². The number of ether oxygens (including phenoxy) is 1. The van der Waals surface area contributed by atoms with Gasteiger partial charge < -0.3 is 9.57 Å². The molecule has 0 atom stereocenters. The molecule has 0 radical (unpaired) electrons. The largest absolute Gasteiger partial charge is 0.494 e. The summed E-state index contributed by atoms with van der Waals surface area (Å²) in [5.74, 6) is -0.178. The lowest BCUT2D eigenvalue weighted by Crippen LogP contribution is -2.59. The van der Waals surface area contributed by atoms with Crippen LogP contribution in [-0.4, -0.2) is 29.9 Å². The Bertz CT molecular complexity index is 861. The summed E-state index contributed by atoms with van der Waals surface area (Å²) >= 11 is 0. The summed E-state index contributed by atoms with van der Waals surface area (Å²) < 4.78 is 35.0. The lowest BCUT2D eigenvalue weighted by atomic mass is 9.72. The highest BCUT2D eigenvalue weighted by Gasteiger charge is 2.46. The van der Waals surface area contributed by atoms with Crippen molar-refractivity contribution in [3.8, 4) is 16.9 Å². The minimum Gasteiger partial charge on any atom is -0.494 e. The van der Waals surface area contributed by atoms with E-state index in [-0.39, 0.29) is 22.8 Å². The first-order valence-electron chi connectivity index (χ1n) is 10.2. The van der Waals surface area contributed by atoms with Gasteiger partial charge in [-0.05, 0) is 82.7 Å². The molecule has 1 fully saturated rings. The molecule has 5 heteroatoms. The van der Waals surface area contributed by atoms with Crippen LogP contribution in [0.2, 0.25) is 0 Å². The molecule has 1 saturated heterocycles. The second-order valence-corrected chi connectivity index (χ2v) is 9.02. The number of nitrogens with zero attached hydrogens (tertiary/aromatic N) is 1. The molecule has 29 heavy (non-hydrogen) atoms. The topological polar surface area (TPSA) is 21.7 Å². The Morgan fingerprint density at radius 1 is 0.966 bits per heavy atom. The fourth-order valence-electron chi connectivity index (χ4n) is 4.99. The Morgan fingerprint density at radius 2 is 1.62 bits per heavy atom. The average molecular weight is 404 g/mol. The van der Waals surface area contributed by atoms with Gasteiger partial charge >= 0.3 is 0 Å². The van der Waals surface area contributed by atoms with E-state index in [0.717, 1.165) is 12.8 Å². The number of benzene rings is 2. The lowest BCUT2D eigenvalue weighted by molar-refractivity contribution is -0.266. The van der Waals surface area contributed by atoms with Gasteiger partial charge in [0.05, 0.1) is 13.7 Å². The van der Waals surface area contributed by atoms with Gasteiger partial charge in [0.15, 0.2) is 0 Å². The van der Waals surface area contributed by atoms with Crippen LogP contribution in [0.1, 0.15) is 58.9 Å². The molecule has 1 aliphatic rings. The molecular weight excluding hydrogens is 372 g/mol. The molecule has 0 saturated carbocycles. The average Bonchev–Trinajstić information content (AvgIpc) is 2.60. The molecule has 158 valence electrons. The van der Waals surface area contributed by atoms with E-state index in [1.54, 1.807) is 31.4 Å². The van der Waals surface area contributed by atoms with Crippen LogP contribution in [0.5, 0.6) is 5.75 Å². The molecule has 0 spiro atoms. The molecular formula is C24H31F2NO2. The van der Waals surface area contributed by atoms with Crippen LogP contribution in [-0.2, 0) is 4.84 Å². The Balaban J connectivity index is 1.91. The van der Waals surface area contributed by atoms with E-state index in [0.29, 0.717) is 29.0 Å². The second kappa shape index (κ2) is 8.04. The van der Waals surface area contributed by atoms with E-state index < -0.39 is 5.82 Å². The molecule has 2 aromatic rings. The normalized spacial score (nSPS) is 19.3. The van der Waals surface area contributed by atoms with Gasteiger partial charge in [-0.25, -0.2) is 8.78 Å². The predicted octanol–water partition coefficient (Wildman–Crippen LogP) is 6.33. The molecule has 0 N–H and O–H groups in total. The Kier molecular flexibility index (Phi) is 6.02. The van der Waals surface area contributed by atoms with Crippen LogP contribution in [0, 0.1) is 11.6 Å². The SMILES string of the molecule is CCOc1ccc(-c2ccc(C3CC(C)(C)N(OC)C(C)(C)C3)c(F)c2)c(F)c1. The minimum absolute atomic E-state index is 0.0608. The zero-order valence-corrected chi connectivity index (χ0v) is 18.2. The van der Waals surface area contributed by atoms with Gasteiger partial charge in [-0.1, -0.05) is 12.1 Å². The van der Waals surface area contributed by atoms with Crippen molar-refractivity contribution in [1.82, 2.24) is 5.06 Å². The number of hydrogen-bond donors (Lipinski definition) is 0. The molecule has 2 aromatic carbocycles. The van der Waals surface area contributed by atoms with Crippen molar-refractivity contribution in [3.05, 3.63) is 53.6 Å². The first kappa shape index (κ1) is 21.7. The zero-order valence-electron chi connectivity index (χ0n) is 18.2. The van der Waals surface area contributed by atoms with Crippen LogP contribution >= 0.6 is 0 Å². The highest BCUT2D eigenvalue weighted by Crippen LogP contribution is 2.46. The first-order chi connectivity index (χ1) is 13.6. The van der Waals surface area contributed by atoms with Gasteiger partial charge in [0.25, 0.3) is 0 Å². The fourth-order valence-corrected chi connectivity index (χ4v) is 4.99. The summed E-state index contributed by atoms with van der Waals surface area (Å²) in [6.07, 6.45) is 1.55. The summed E-state index contributed by atoms with van der Waals surface area (Å²) in [7, 11) is 1.69. The van der Waals surface area contributed by atoms with Gasteiger partial charge in [-0.15, -0.1) is 0 Å². The Labute approximate surface area is 172 Å². The van der Waals surface area contributed by atoms with Gasteiger partial charge in [0, 0.05) is 22.7 Å². The number of halogens is 2. The van der Waals surface area contributed by atoms with Crippen molar-refractivity contribution in [2.75, 3.05) is 13.7 Å². The van der Waals surface area contributed by atoms with Crippen molar-refractivity contribution in [2.45, 2.75) is 64.5 Å². The molecule has 1 heterocycles. The van der Waals surface area contributed by atoms with E-state index in [1.165, 1.54) is 12.1 Å². The number of hydroxylamine groups is 2. The minimum atomic E-state index is -0.418. The zero-order chi connectivity index (χ0) is 21.4. The quantitative estimate of drug-likeness (QED) is 0.582. The molecule has 3 rings (SSSR count). The van der Waals surface area contributed by atoms with Crippen LogP contribution in [0.4, 0.5) is 8.78 Å². The van der Waals surface area contributed by atoms with Crippen LogP contribution in [0.15, 0.2) is 36.4 Å². The highest BCUT2D eigenvalue weighted by molar-refractivity contribution is 5.65. The van der Waals surface area contributed by atoms with Gasteiger partial charge in [0.2, 0.25) is 0 Å². The van der Waals surface area contributed by atoms with E-state index in [9.17, 15) is 4.39 Å². The third-order valence-electron chi connectivity index (χ3n) is 5.78. The van der Waals surface area contributed by atoms with Crippen molar-refractivity contribution >= 4 is 0 Å². The molecule has 0 aromatic heterocycles. The van der Waals surface area contributed by atoms with E-state index in [2.05, 4.69) is 27.7 Å². The maximum absolute atomic E-state index is 15.1. The summed E-state index contributed by atoms with van der Waals surface area (Å²) in [6, 6.07) is 9.74. The molecule has 1 aliphatic heterocycles. The summed E-state index contributed by atoms with van der Waals surface area (Å²) in [5.41, 5.74) is 1.12. The maximum atomic E-state index is 15.1. The van der Waals surface area contributed by atoms with Gasteiger partial charge in [-0.3, -0.25) is 0 Å². The van der Waals surface area contributed by atoms with Crippen molar-refractivity contribution in [2.24, 2.45) is 0 Å². The molecule has 0 unspecified atom stereocenters. The fraction of sp³-hybridized carbons (Fsp3) is 0.500. The van der Waals surface area contributed by atoms with E-state index in [4.69, 9.17) is 9.57 Å². The first-order valence-corrected chi connectivity index (χ1v) is 10.2. The lowest BCUT2D eigenvalue weighted by Gasteiger charge is -2.53.